The largest absolute Gasteiger partial charge is 0.388 e. The first kappa shape index (κ1) is 24.4. The molecule has 4 rings (SSSR count). The van der Waals surface area contributed by atoms with Gasteiger partial charge >= 0.3 is 0 Å². The topological polar surface area (TPSA) is 92.9 Å². The number of rotatable bonds is 8. The van der Waals surface area contributed by atoms with E-state index in [0.29, 0.717) is 28.7 Å². The molecule has 1 fully saturated rings. The number of hydrogen-bond donors (Lipinski definition) is 2. The maximum Gasteiger partial charge on any atom is 0.260 e. The Hall–Kier alpha value is -3.72. The Balaban J connectivity index is 1.75. The van der Waals surface area contributed by atoms with E-state index in [9.17, 15) is 18.7 Å². The quantitative estimate of drug-likeness (QED) is 0.439. The van der Waals surface area contributed by atoms with Crippen LogP contribution in [0.4, 0.5) is 14.6 Å². The highest BCUT2D eigenvalue weighted by Crippen LogP contribution is 2.49. The highest BCUT2D eigenvalue weighted by molar-refractivity contribution is 5.96. The molecule has 3 heterocycles. The number of nitrogens with one attached hydrogen (secondary N) is 1. The van der Waals surface area contributed by atoms with Gasteiger partial charge in [0.25, 0.3) is 5.92 Å². The summed E-state index contributed by atoms with van der Waals surface area (Å²) in [4.78, 5) is 21.1. The second-order valence-corrected chi connectivity index (χ2v) is 8.61. The number of aromatic nitrogens is 4. The molecule has 0 bridgehead atoms. The fourth-order valence-corrected chi connectivity index (χ4v) is 3.91. The predicted molar refractivity (Wildman–Crippen MR) is 131 cm³/mol. The fraction of sp³-hybridized carbons (Fsp3) is 0.308. The van der Waals surface area contributed by atoms with Crippen LogP contribution < -0.4 is 5.32 Å². The Labute approximate surface area is 201 Å². The van der Waals surface area contributed by atoms with Crippen molar-refractivity contribution in [3.63, 3.8) is 0 Å². The lowest BCUT2D eigenvalue weighted by atomic mass is 9.95. The van der Waals surface area contributed by atoms with E-state index in [1.807, 2.05) is 39.0 Å². The van der Waals surface area contributed by atoms with Crippen LogP contribution in [0.2, 0.25) is 0 Å². The Bertz CT molecular complexity index is 1350. The molecule has 2 unspecified atom stereocenters. The number of allylic oxidation sites excluding steroid dienone is 3. The number of anilines is 1. The maximum absolute atomic E-state index is 13.2. The Morgan fingerprint density at radius 3 is 2.77 bits per heavy atom. The van der Waals surface area contributed by atoms with Crippen LogP contribution >= 0.6 is 0 Å². The van der Waals surface area contributed by atoms with Gasteiger partial charge in [-0.1, -0.05) is 25.7 Å². The Kier molecular flexibility index (Phi) is 6.62. The molecular weight excluding hydrogens is 452 g/mol. The van der Waals surface area contributed by atoms with Crippen LogP contribution in [0.25, 0.3) is 22.3 Å². The van der Waals surface area contributed by atoms with Gasteiger partial charge in [-0.3, -0.25) is 4.79 Å². The number of carbonyl (C=O) groups is 1. The van der Waals surface area contributed by atoms with Crippen molar-refractivity contribution in [1.82, 2.24) is 19.7 Å². The number of nitrogens with zero attached hydrogens (tertiary/aromatic N) is 4. The van der Waals surface area contributed by atoms with Crippen molar-refractivity contribution in [3.05, 3.63) is 72.2 Å². The maximum atomic E-state index is 13.2. The second-order valence-electron chi connectivity index (χ2n) is 8.61. The van der Waals surface area contributed by atoms with Gasteiger partial charge < -0.3 is 10.4 Å². The van der Waals surface area contributed by atoms with Gasteiger partial charge in [-0.15, -0.1) is 0 Å². The zero-order valence-corrected chi connectivity index (χ0v) is 19.8. The molecule has 7 nitrogen and oxygen atoms in total. The lowest BCUT2D eigenvalue weighted by molar-refractivity contribution is -0.119. The number of aliphatic hydroxyl groups excluding tert-OH is 1. The van der Waals surface area contributed by atoms with Gasteiger partial charge in [0.1, 0.15) is 11.7 Å². The van der Waals surface area contributed by atoms with E-state index in [-0.39, 0.29) is 5.82 Å². The molecule has 0 aliphatic heterocycles. The predicted octanol–water partition coefficient (Wildman–Crippen LogP) is 5.09. The monoisotopic (exact) mass is 479 g/mol. The van der Waals surface area contributed by atoms with Crippen LogP contribution in [0.5, 0.6) is 0 Å². The smallest absolute Gasteiger partial charge is 0.260 e. The molecule has 1 aliphatic rings. The van der Waals surface area contributed by atoms with E-state index in [4.69, 9.17) is 4.98 Å². The number of fused-ring (bicyclic) bond motifs is 1. The molecule has 1 saturated carbocycles. The van der Waals surface area contributed by atoms with E-state index in [2.05, 4.69) is 22.0 Å². The van der Waals surface area contributed by atoms with Gasteiger partial charge in [0.2, 0.25) is 5.91 Å². The van der Waals surface area contributed by atoms with E-state index in [1.54, 1.807) is 35.4 Å². The number of alkyl halides is 2. The van der Waals surface area contributed by atoms with E-state index >= 15 is 0 Å². The third-order valence-electron chi connectivity index (χ3n) is 6.01. The average Bonchev–Trinajstić information content (AvgIpc) is 3.20. The van der Waals surface area contributed by atoms with Crippen LogP contribution in [0, 0.1) is 5.92 Å². The molecule has 2 N–H and O–H groups in total. The summed E-state index contributed by atoms with van der Waals surface area (Å²) in [5, 5.41) is 17.6. The van der Waals surface area contributed by atoms with E-state index < -0.39 is 30.3 Å². The van der Waals surface area contributed by atoms with Crippen LogP contribution in [0.3, 0.4) is 0 Å². The van der Waals surface area contributed by atoms with Gasteiger partial charge in [0, 0.05) is 42.0 Å². The first-order chi connectivity index (χ1) is 16.6. The fourth-order valence-electron chi connectivity index (χ4n) is 3.91. The standard InChI is InChI=1S/C26H27F2N5O2/c1-5-18(15(3)10-16(4)22(34)6-2)19-11-17-14-29-23(32-25(35)20-13-26(20,27)28)12-21(17)31-24(19)33-9-7-8-30-33/h5,7-12,14,20,22,34H,4,6,13H2,1-3H3,(H,29,32,35)/b15-10-,18-5+. The normalized spacial score (nSPS) is 18.4. The second kappa shape index (κ2) is 9.50. The number of pyridine rings is 2. The number of halogens is 2. The minimum Gasteiger partial charge on any atom is -0.388 e. The zero-order valence-electron chi connectivity index (χ0n) is 19.8. The lowest BCUT2D eigenvalue weighted by Crippen LogP contribution is -2.18. The number of carbonyl (C=O) groups excluding carboxylic acids is 1. The van der Waals surface area contributed by atoms with Gasteiger partial charge in [0.15, 0.2) is 5.82 Å². The van der Waals surface area contributed by atoms with Crippen molar-refractivity contribution in [2.45, 2.75) is 45.6 Å². The minimum atomic E-state index is -2.95. The van der Waals surface area contributed by atoms with Crippen LogP contribution in [0.15, 0.2) is 66.7 Å². The Morgan fingerprint density at radius 1 is 1.43 bits per heavy atom. The highest BCUT2D eigenvalue weighted by atomic mass is 19.3. The molecule has 35 heavy (non-hydrogen) atoms. The molecule has 3 aromatic heterocycles. The number of amides is 1. The molecule has 0 saturated heterocycles. The molecule has 3 aromatic rings. The van der Waals surface area contributed by atoms with Crippen molar-refractivity contribution >= 4 is 28.2 Å². The molecule has 0 spiro atoms. The van der Waals surface area contributed by atoms with Crippen molar-refractivity contribution in [3.8, 4) is 5.82 Å². The van der Waals surface area contributed by atoms with Gasteiger partial charge in [0.05, 0.1) is 11.6 Å². The third-order valence-corrected chi connectivity index (χ3v) is 6.01. The van der Waals surface area contributed by atoms with Crippen molar-refractivity contribution in [2.24, 2.45) is 5.92 Å². The van der Waals surface area contributed by atoms with Crippen molar-refractivity contribution < 1.29 is 18.7 Å². The van der Waals surface area contributed by atoms with Gasteiger partial charge in [-0.2, -0.15) is 5.10 Å². The minimum absolute atomic E-state index is 0.157. The van der Waals surface area contributed by atoms with Crippen molar-refractivity contribution in [1.29, 1.82) is 0 Å². The summed E-state index contributed by atoms with van der Waals surface area (Å²) < 4.78 is 28.1. The number of hydrogen-bond acceptors (Lipinski definition) is 5. The first-order valence-electron chi connectivity index (χ1n) is 11.4. The molecular formula is C26H27F2N5O2. The van der Waals surface area contributed by atoms with Gasteiger partial charge in [-0.25, -0.2) is 23.4 Å². The summed E-state index contributed by atoms with van der Waals surface area (Å²) in [6, 6.07) is 5.25. The van der Waals surface area contributed by atoms with Gasteiger partial charge in [-0.05, 0) is 49.1 Å². The summed E-state index contributed by atoms with van der Waals surface area (Å²) in [6.07, 6.45) is 8.24. The van der Waals surface area contributed by atoms with E-state index in [0.717, 1.165) is 16.7 Å². The van der Waals surface area contributed by atoms with Crippen molar-refractivity contribution in [2.75, 3.05) is 5.32 Å². The van der Waals surface area contributed by atoms with Crippen LogP contribution in [-0.4, -0.2) is 42.8 Å². The average molecular weight is 480 g/mol. The molecule has 0 aromatic carbocycles. The molecule has 1 amide bonds. The number of aliphatic hydroxyl groups is 1. The summed E-state index contributed by atoms with van der Waals surface area (Å²) >= 11 is 0. The third kappa shape index (κ3) is 5.05. The van der Waals surface area contributed by atoms with Crippen LogP contribution in [0.1, 0.15) is 39.2 Å². The molecule has 1 aliphatic carbocycles. The molecule has 0 radical (unpaired) electrons. The molecule has 9 heteroatoms. The van der Waals surface area contributed by atoms with Crippen LogP contribution in [-0.2, 0) is 4.79 Å². The lowest BCUT2D eigenvalue weighted by Gasteiger charge is -2.16. The molecule has 2 atom stereocenters. The zero-order chi connectivity index (χ0) is 25.3. The summed E-state index contributed by atoms with van der Waals surface area (Å²) in [5.74, 6) is -4.32. The summed E-state index contributed by atoms with van der Waals surface area (Å²) in [5.41, 5.74) is 3.69. The Morgan fingerprint density at radius 2 is 2.17 bits per heavy atom. The summed E-state index contributed by atoms with van der Waals surface area (Å²) in [7, 11) is 0. The highest BCUT2D eigenvalue weighted by Gasteiger charge is 2.61. The summed E-state index contributed by atoms with van der Waals surface area (Å²) in [6.45, 7) is 9.71. The van der Waals surface area contributed by atoms with E-state index in [1.165, 1.54) is 0 Å². The SMILES string of the molecule is C=C(/C=C(C)\C(=C/C)c1cc2cnc(NC(=O)C3CC3(F)F)cc2nc1-n1cccn1)C(O)CC. The molecule has 182 valence electrons. The first-order valence-corrected chi connectivity index (χ1v) is 11.4.